The molecule has 0 saturated carbocycles. The second-order valence-electron chi connectivity index (χ2n) is 5.58. The van der Waals surface area contributed by atoms with Crippen LogP contribution in [0, 0.1) is 11.8 Å². The van der Waals surface area contributed by atoms with Gasteiger partial charge in [-0.05, 0) is 38.5 Å². The topological polar surface area (TPSA) is 79.3 Å². The standard InChI is InChI=1S/C15H18N2O3S/c18-13(9-5-1-2-6-10(9)14(19)20)17-15-16-11-7-3-4-8-12(11)21-15/h1-2,9-10H,3-8H2,(H,19,20)(H,16,17,18)/t9-,10+/m0/s1. The lowest BCUT2D eigenvalue weighted by Gasteiger charge is -2.23. The number of anilines is 1. The first-order chi connectivity index (χ1) is 10.1. The number of carbonyl (C=O) groups excluding carboxylic acids is 1. The Morgan fingerprint density at radius 2 is 1.90 bits per heavy atom. The molecule has 0 saturated heterocycles. The number of aryl methyl sites for hydroxylation is 2. The average molecular weight is 306 g/mol. The number of aliphatic carboxylic acids is 1. The predicted molar refractivity (Wildman–Crippen MR) is 80.4 cm³/mol. The number of rotatable bonds is 3. The summed E-state index contributed by atoms with van der Waals surface area (Å²) in [4.78, 5) is 29.3. The molecule has 2 N–H and O–H groups in total. The van der Waals surface area contributed by atoms with Crippen LogP contribution in [0.4, 0.5) is 5.13 Å². The summed E-state index contributed by atoms with van der Waals surface area (Å²) in [5.41, 5.74) is 1.10. The third-order valence-corrected chi connectivity index (χ3v) is 5.24. The molecule has 5 nitrogen and oxygen atoms in total. The van der Waals surface area contributed by atoms with Crippen molar-refractivity contribution in [3.05, 3.63) is 22.7 Å². The van der Waals surface area contributed by atoms with Crippen molar-refractivity contribution < 1.29 is 14.7 Å². The van der Waals surface area contributed by atoms with Crippen molar-refractivity contribution >= 4 is 28.3 Å². The van der Waals surface area contributed by atoms with Gasteiger partial charge in [0, 0.05) is 4.88 Å². The number of nitrogens with one attached hydrogen (secondary N) is 1. The number of carboxylic acids is 1. The van der Waals surface area contributed by atoms with E-state index in [1.807, 2.05) is 12.2 Å². The van der Waals surface area contributed by atoms with E-state index in [1.165, 1.54) is 22.6 Å². The van der Waals surface area contributed by atoms with Crippen LogP contribution in [0.5, 0.6) is 0 Å². The van der Waals surface area contributed by atoms with Crippen LogP contribution < -0.4 is 5.32 Å². The number of aromatic nitrogens is 1. The SMILES string of the molecule is O=C(Nc1nc2c(s1)CCCC2)[C@H]1CC=CC[C@H]1C(=O)O. The minimum absolute atomic E-state index is 0.224. The van der Waals surface area contributed by atoms with Gasteiger partial charge < -0.3 is 10.4 Å². The number of hydrogen-bond donors (Lipinski definition) is 2. The summed E-state index contributed by atoms with van der Waals surface area (Å²) in [5, 5.41) is 12.7. The Morgan fingerprint density at radius 1 is 1.19 bits per heavy atom. The summed E-state index contributed by atoms with van der Waals surface area (Å²) < 4.78 is 0. The Morgan fingerprint density at radius 3 is 2.62 bits per heavy atom. The third-order valence-electron chi connectivity index (χ3n) is 4.16. The summed E-state index contributed by atoms with van der Waals surface area (Å²) in [6.45, 7) is 0. The van der Waals surface area contributed by atoms with Gasteiger partial charge in [-0.1, -0.05) is 12.2 Å². The van der Waals surface area contributed by atoms with Crippen LogP contribution in [0.3, 0.4) is 0 Å². The normalized spacial score (nSPS) is 24.4. The first-order valence-electron chi connectivity index (χ1n) is 7.32. The lowest BCUT2D eigenvalue weighted by molar-refractivity contribution is -0.146. The Hall–Kier alpha value is -1.69. The van der Waals surface area contributed by atoms with Gasteiger partial charge in [0.2, 0.25) is 5.91 Å². The molecular weight excluding hydrogens is 288 g/mol. The molecule has 2 aliphatic carbocycles. The number of amides is 1. The van der Waals surface area contributed by atoms with Gasteiger partial charge in [-0.2, -0.15) is 0 Å². The van der Waals surface area contributed by atoms with Crippen molar-refractivity contribution in [2.24, 2.45) is 11.8 Å². The van der Waals surface area contributed by atoms with Crippen LogP contribution in [0.25, 0.3) is 0 Å². The second-order valence-corrected chi connectivity index (χ2v) is 6.66. The monoisotopic (exact) mass is 306 g/mol. The molecule has 21 heavy (non-hydrogen) atoms. The molecule has 2 atom stereocenters. The maximum absolute atomic E-state index is 12.4. The minimum atomic E-state index is -0.905. The van der Waals surface area contributed by atoms with E-state index in [9.17, 15) is 14.7 Å². The van der Waals surface area contributed by atoms with Gasteiger partial charge in [-0.3, -0.25) is 9.59 Å². The van der Waals surface area contributed by atoms with E-state index in [2.05, 4.69) is 10.3 Å². The molecule has 0 unspecified atom stereocenters. The zero-order valence-corrected chi connectivity index (χ0v) is 12.5. The van der Waals surface area contributed by atoms with Crippen LogP contribution in [-0.4, -0.2) is 22.0 Å². The summed E-state index contributed by atoms with van der Waals surface area (Å²) in [6, 6.07) is 0. The van der Waals surface area contributed by atoms with Crippen LogP contribution in [0.15, 0.2) is 12.2 Å². The predicted octanol–water partition coefficient (Wildman–Crippen LogP) is 2.63. The maximum atomic E-state index is 12.4. The number of hydrogen-bond acceptors (Lipinski definition) is 4. The molecule has 112 valence electrons. The van der Waals surface area contributed by atoms with E-state index in [0.717, 1.165) is 25.0 Å². The number of nitrogens with zero attached hydrogens (tertiary/aromatic N) is 1. The lowest BCUT2D eigenvalue weighted by Crippen LogP contribution is -2.34. The molecule has 1 amide bonds. The van der Waals surface area contributed by atoms with Crippen molar-refractivity contribution in [3.8, 4) is 0 Å². The fourth-order valence-electron chi connectivity index (χ4n) is 2.98. The molecule has 3 rings (SSSR count). The zero-order chi connectivity index (χ0) is 14.8. The highest BCUT2D eigenvalue weighted by Crippen LogP contribution is 2.31. The molecular formula is C15H18N2O3S. The van der Waals surface area contributed by atoms with E-state index in [4.69, 9.17) is 0 Å². The van der Waals surface area contributed by atoms with Crippen molar-refractivity contribution in [1.29, 1.82) is 0 Å². The summed E-state index contributed by atoms with van der Waals surface area (Å²) in [5.74, 6) is -2.27. The van der Waals surface area contributed by atoms with E-state index in [0.29, 0.717) is 18.0 Å². The van der Waals surface area contributed by atoms with Crippen LogP contribution in [0.2, 0.25) is 0 Å². The number of allylic oxidation sites excluding steroid dienone is 2. The van der Waals surface area contributed by atoms with Gasteiger partial charge >= 0.3 is 5.97 Å². The first-order valence-corrected chi connectivity index (χ1v) is 8.14. The Bertz CT molecular complexity index is 570. The largest absolute Gasteiger partial charge is 0.481 e. The summed E-state index contributed by atoms with van der Waals surface area (Å²) in [6.07, 6.45) is 8.96. The minimum Gasteiger partial charge on any atom is -0.481 e. The fraction of sp³-hybridized carbons (Fsp3) is 0.533. The molecule has 0 spiro atoms. The highest BCUT2D eigenvalue weighted by Gasteiger charge is 2.34. The quantitative estimate of drug-likeness (QED) is 0.841. The molecule has 0 radical (unpaired) electrons. The summed E-state index contributed by atoms with van der Waals surface area (Å²) >= 11 is 1.53. The van der Waals surface area contributed by atoms with Crippen LogP contribution in [-0.2, 0) is 22.4 Å². The van der Waals surface area contributed by atoms with E-state index in [1.54, 1.807) is 0 Å². The smallest absolute Gasteiger partial charge is 0.307 e. The Labute approximate surface area is 127 Å². The third kappa shape index (κ3) is 3.00. The lowest BCUT2D eigenvalue weighted by atomic mass is 9.82. The molecule has 0 fully saturated rings. The summed E-state index contributed by atoms with van der Waals surface area (Å²) in [7, 11) is 0. The zero-order valence-electron chi connectivity index (χ0n) is 11.7. The first kappa shape index (κ1) is 14.3. The van der Waals surface area contributed by atoms with Crippen molar-refractivity contribution in [3.63, 3.8) is 0 Å². The van der Waals surface area contributed by atoms with Crippen molar-refractivity contribution in [2.45, 2.75) is 38.5 Å². The van der Waals surface area contributed by atoms with Gasteiger partial charge in [0.25, 0.3) is 0 Å². The highest BCUT2D eigenvalue weighted by atomic mass is 32.1. The van der Waals surface area contributed by atoms with Crippen LogP contribution >= 0.6 is 11.3 Å². The highest BCUT2D eigenvalue weighted by molar-refractivity contribution is 7.15. The molecule has 0 aromatic carbocycles. The van der Waals surface area contributed by atoms with Gasteiger partial charge in [-0.15, -0.1) is 11.3 Å². The number of fused-ring (bicyclic) bond motifs is 1. The van der Waals surface area contributed by atoms with Crippen molar-refractivity contribution in [1.82, 2.24) is 4.98 Å². The molecule has 0 aliphatic heterocycles. The number of thiazole rings is 1. The van der Waals surface area contributed by atoms with Gasteiger partial charge in [0.1, 0.15) is 0 Å². The van der Waals surface area contributed by atoms with E-state index >= 15 is 0 Å². The molecule has 1 heterocycles. The van der Waals surface area contributed by atoms with E-state index < -0.39 is 17.8 Å². The van der Waals surface area contributed by atoms with E-state index in [-0.39, 0.29) is 5.91 Å². The second kappa shape index (κ2) is 5.97. The molecule has 6 heteroatoms. The van der Waals surface area contributed by atoms with Gasteiger partial charge in [-0.25, -0.2) is 4.98 Å². The molecule has 1 aromatic heterocycles. The molecule has 1 aromatic rings. The molecule has 2 aliphatic rings. The van der Waals surface area contributed by atoms with Gasteiger partial charge in [0.05, 0.1) is 17.5 Å². The Balaban J connectivity index is 1.72. The average Bonchev–Trinajstić information content (AvgIpc) is 2.89. The van der Waals surface area contributed by atoms with Gasteiger partial charge in [0.15, 0.2) is 5.13 Å². The Kier molecular flexibility index (Phi) is 4.05. The number of carboxylic acid groups (broad SMARTS) is 1. The number of carbonyl (C=O) groups is 2. The molecule has 0 bridgehead atoms. The van der Waals surface area contributed by atoms with Crippen molar-refractivity contribution in [2.75, 3.05) is 5.32 Å². The maximum Gasteiger partial charge on any atom is 0.307 e. The fourth-order valence-corrected chi connectivity index (χ4v) is 4.03. The van der Waals surface area contributed by atoms with Crippen LogP contribution in [0.1, 0.15) is 36.3 Å².